The highest BCUT2D eigenvalue weighted by molar-refractivity contribution is 5.91. The van der Waals surface area contributed by atoms with E-state index in [4.69, 9.17) is 5.73 Å². The first kappa shape index (κ1) is 20.8. The van der Waals surface area contributed by atoms with Gasteiger partial charge in [-0.05, 0) is 60.7 Å². The Morgan fingerprint density at radius 2 is 1.94 bits per heavy atom. The number of carbonyl (C=O) groups is 2. The van der Waals surface area contributed by atoms with Gasteiger partial charge < -0.3 is 16.4 Å². The van der Waals surface area contributed by atoms with Crippen LogP contribution in [0.15, 0.2) is 60.8 Å². The van der Waals surface area contributed by atoms with Gasteiger partial charge in [0.1, 0.15) is 11.9 Å². The highest BCUT2D eigenvalue weighted by Gasteiger charge is 2.31. The van der Waals surface area contributed by atoms with E-state index >= 15 is 0 Å². The number of amides is 2. The van der Waals surface area contributed by atoms with E-state index in [2.05, 4.69) is 27.8 Å². The molecule has 1 aliphatic rings. The molecule has 2 amide bonds. The summed E-state index contributed by atoms with van der Waals surface area (Å²) in [4.78, 5) is 29.3. The average Bonchev–Trinajstić information content (AvgIpc) is 3.28. The number of nitrogens with zero attached hydrogens (tertiary/aromatic N) is 1. The van der Waals surface area contributed by atoms with E-state index in [1.54, 1.807) is 13.1 Å². The topological polar surface area (TPSA) is 97.1 Å². The summed E-state index contributed by atoms with van der Waals surface area (Å²) in [6, 6.07) is 17.5. The smallest absolute Gasteiger partial charge is 0.242 e. The summed E-state index contributed by atoms with van der Waals surface area (Å²) >= 11 is 0. The van der Waals surface area contributed by atoms with Crippen LogP contribution in [0.4, 0.5) is 5.82 Å². The van der Waals surface area contributed by atoms with Crippen molar-refractivity contribution in [3.63, 3.8) is 0 Å². The van der Waals surface area contributed by atoms with Gasteiger partial charge in [-0.1, -0.05) is 42.5 Å². The molecule has 6 heteroatoms. The van der Waals surface area contributed by atoms with E-state index in [0.717, 1.165) is 35.6 Å². The normalized spacial score (nSPS) is 19.1. The van der Waals surface area contributed by atoms with Crippen LogP contribution in [0.3, 0.4) is 0 Å². The van der Waals surface area contributed by atoms with E-state index in [1.165, 1.54) is 5.56 Å². The van der Waals surface area contributed by atoms with Crippen LogP contribution in [0.25, 0.3) is 10.8 Å². The minimum atomic E-state index is -0.580. The van der Waals surface area contributed by atoms with E-state index < -0.39 is 6.04 Å². The van der Waals surface area contributed by atoms with Crippen molar-refractivity contribution >= 4 is 28.4 Å². The summed E-state index contributed by atoms with van der Waals surface area (Å²) in [6.45, 7) is 2.11. The van der Waals surface area contributed by atoms with Crippen molar-refractivity contribution < 1.29 is 9.59 Å². The van der Waals surface area contributed by atoms with Crippen molar-refractivity contribution in [2.75, 3.05) is 5.73 Å². The third-order valence-electron chi connectivity index (χ3n) is 6.15. The Balaban J connectivity index is 1.28. The first-order chi connectivity index (χ1) is 15.0. The van der Waals surface area contributed by atoms with Crippen molar-refractivity contribution in [1.29, 1.82) is 0 Å². The predicted molar refractivity (Wildman–Crippen MR) is 122 cm³/mol. The second kappa shape index (κ2) is 9.16. The van der Waals surface area contributed by atoms with E-state index in [0.29, 0.717) is 18.3 Å². The van der Waals surface area contributed by atoms with Crippen molar-refractivity contribution in [2.24, 2.45) is 5.92 Å². The number of fused-ring (bicyclic) bond motifs is 1. The van der Waals surface area contributed by atoms with Gasteiger partial charge in [-0.25, -0.2) is 4.98 Å². The number of nitrogens with one attached hydrogen (secondary N) is 2. The zero-order chi connectivity index (χ0) is 21.8. The minimum absolute atomic E-state index is 0.0326. The monoisotopic (exact) mass is 416 g/mol. The van der Waals surface area contributed by atoms with Crippen molar-refractivity contribution in [1.82, 2.24) is 15.6 Å². The zero-order valence-electron chi connectivity index (χ0n) is 17.7. The number of hydrogen-bond donors (Lipinski definition) is 3. The summed E-state index contributed by atoms with van der Waals surface area (Å²) in [5, 5.41) is 7.67. The number of anilines is 1. The van der Waals surface area contributed by atoms with Crippen molar-refractivity contribution in [3.8, 4) is 0 Å². The number of aromatic nitrogens is 1. The molecule has 0 spiro atoms. The maximum absolute atomic E-state index is 12.7. The Bertz CT molecular complexity index is 1080. The molecule has 0 radical (unpaired) electrons. The van der Waals surface area contributed by atoms with Crippen LogP contribution in [-0.2, 0) is 16.1 Å². The summed E-state index contributed by atoms with van der Waals surface area (Å²) in [5.41, 5.74) is 8.14. The van der Waals surface area contributed by atoms with Crippen molar-refractivity contribution in [3.05, 3.63) is 71.9 Å². The van der Waals surface area contributed by atoms with Crippen LogP contribution >= 0.6 is 0 Å². The Morgan fingerprint density at radius 1 is 1.13 bits per heavy atom. The Morgan fingerprint density at radius 3 is 2.74 bits per heavy atom. The SMILES string of the molecule is C[C@H](NC(=O)[C@@H]1CC[C@@H](c2ccccc2)C1)C(=O)NCc1ccc2c(N)nccc2c1. The third kappa shape index (κ3) is 4.85. The number of carbonyl (C=O) groups excluding carboxylic acids is 2. The molecular weight excluding hydrogens is 388 g/mol. The molecule has 3 aromatic rings. The summed E-state index contributed by atoms with van der Waals surface area (Å²) in [5.74, 6) is 0.638. The molecular formula is C25H28N4O2. The standard InChI is InChI=1S/C25H28N4O2/c1-16(29-25(31)21-9-8-19(14-21)18-5-3-2-4-6-18)24(30)28-15-17-7-10-22-20(13-17)11-12-27-23(22)26/h2-7,10-13,16,19,21H,8-9,14-15H2,1H3,(H2,26,27)(H,28,30)(H,29,31)/t16-,19+,21+/m0/s1. The number of rotatable bonds is 6. The molecule has 1 aliphatic carbocycles. The van der Waals surface area contributed by atoms with Gasteiger partial charge in [-0.2, -0.15) is 0 Å². The van der Waals surface area contributed by atoms with Gasteiger partial charge in [0.25, 0.3) is 0 Å². The fourth-order valence-electron chi connectivity index (χ4n) is 4.35. The molecule has 4 rings (SSSR count). The van der Waals surface area contributed by atoms with Gasteiger partial charge in [0, 0.05) is 24.0 Å². The van der Waals surface area contributed by atoms with Gasteiger partial charge >= 0.3 is 0 Å². The summed E-state index contributed by atoms with van der Waals surface area (Å²) in [7, 11) is 0. The van der Waals surface area contributed by atoms with Crippen LogP contribution in [0, 0.1) is 5.92 Å². The second-order valence-corrected chi connectivity index (χ2v) is 8.32. The van der Waals surface area contributed by atoms with Gasteiger partial charge in [0.2, 0.25) is 11.8 Å². The highest BCUT2D eigenvalue weighted by atomic mass is 16.2. The Labute approximate surface area is 182 Å². The van der Waals surface area contributed by atoms with Gasteiger partial charge in [-0.3, -0.25) is 9.59 Å². The summed E-state index contributed by atoms with van der Waals surface area (Å²) < 4.78 is 0. The first-order valence-corrected chi connectivity index (χ1v) is 10.8. The molecule has 1 saturated carbocycles. The van der Waals surface area contributed by atoms with Crippen molar-refractivity contribution in [2.45, 2.75) is 44.7 Å². The molecule has 1 heterocycles. The van der Waals surface area contributed by atoms with Crippen LogP contribution in [0.2, 0.25) is 0 Å². The van der Waals surface area contributed by atoms with Crippen LogP contribution < -0.4 is 16.4 Å². The molecule has 1 aromatic heterocycles. The Hall–Kier alpha value is -3.41. The van der Waals surface area contributed by atoms with Gasteiger partial charge in [-0.15, -0.1) is 0 Å². The molecule has 1 fully saturated rings. The summed E-state index contributed by atoms with van der Waals surface area (Å²) in [6.07, 6.45) is 4.36. The molecule has 0 unspecified atom stereocenters. The molecule has 31 heavy (non-hydrogen) atoms. The molecule has 0 aliphatic heterocycles. The maximum Gasteiger partial charge on any atom is 0.242 e. The second-order valence-electron chi connectivity index (χ2n) is 8.32. The molecule has 0 saturated heterocycles. The predicted octanol–water partition coefficient (Wildman–Crippen LogP) is 3.52. The van der Waals surface area contributed by atoms with Crippen LogP contribution in [0.1, 0.15) is 43.2 Å². The van der Waals surface area contributed by atoms with E-state index in [9.17, 15) is 9.59 Å². The van der Waals surface area contributed by atoms with Crippen LogP contribution in [0.5, 0.6) is 0 Å². The fraction of sp³-hybridized carbons (Fsp3) is 0.320. The molecule has 2 aromatic carbocycles. The highest BCUT2D eigenvalue weighted by Crippen LogP contribution is 2.38. The minimum Gasteiger partial charge on any atom is -0.383 e. The molecule has 0 bridgehead atoms. The van der Waals surface area contributed by atoms with E-state index in [-0.39, 0.29) is 17.7 Å². The number of benzene rings is 2. The van der Waals surface area contributed by atoms with Gasteiger partial charge in [0.05, 0.1) is 0 Å². The lowest BCUT2D eigenvalue weighted by Crippen LogP contribution is -2.46. The average molecular weight is 417 g/mol. The lowest BCUT2D eigenvalue weighted by molar-refractivity contribution is -0.130. The van der Waals surface area contributed by atoms with E-state index in [1.807, 2.05) is 42.5 Å². The first-order valence-electron chi connectivity index (χ1n) is 10.8. The lowest BCUT2D eigenvalue weighted by atomic mass is 9.96. The molecule has 6 nitrogen and oxygen atoms in total. The number of hydrogen-bond acceptors (Lipinski definition) is 4. The number of nitrogens with two attached hydrogens (primary N) is 1. The lowest BCUT2D eigenvalue weighted by Gasteiger charge is -2.17. The Kier molecular flexibility index (Phi) is 6.16. The fourth-order valence-corrected chi connectivity index (χ4v) is 4.35. The third-order valence-corrected chi connectivity index (χ3v) is 6.15. The number of nitrogen functional groups attached to an aromatic ring is 1. The quantitative estimate of drug-likeness (QED) is 0.573. The zero-order valence-corrected chi connectivity index (χ0v) is 17.7. The molecule has 4 N–H and O–H groups in total. The van der Waals surface area contributed by atoms with Gasteiger partial charge in [0.15, 0.2) is 0 Å². The van der Waals surface area contributed by atoms with Crippen LogP contribution in [-0.4, -0.2) is 22.8 Å². The largest absolute Gasteiger partial charge is 0.383 e. The maximum atomic E-state index is 12.7. The molecule has 3 atom stereocenters. The molecule has 160 valence electrons. The number of pyridine rings is 1.